The maximum atomic E-state index is 13.8. The Morgan fingerprint density at radius 2 is 1.97 bits per heavy atom. The summed E-state index contributed by atoms with van der Waals surface area (Å²) < 4.78 is 23.9. The van der Waals surface area contributed by atoms with Gasteiger partial charge in [-0.3, -0.25) is 14.5 Å². The summed E-state index contributed by atoms with van der Waals surface area (Å²) in [7, 11) is 1.36. The first-order valence-electron chi connectivity index (χ1n) is 9.59. The van der Waals surface area contributed by atoms with E-state index in [0.717, 1.165) is 17.2 Å². The molecular formula is C22H20FN3O5. The first-order valence-corrected chi connectivity index (χ1v) is 9.59. The summed E-state index contributed by atoms with van der Waals surface area (Å²) in [5.74, 6) is -1.64. The Bertz CT molecular complexity index is 1110. The van der Waals surface area contributed by atoms with Crippen LogP contribution in [0.3, 0.4) is 0 Å². The van der Waals surface area contributed by atoms with Crippen LogP contribution in [0.4, 0.5) is 10.1 Å². The van der Waals surface area contributed by atoms with Gasteiger partial charge in [0.15, 0.2) is 23.0 Å². The maximum absolute atomic E-state index is 13.8. The lowest BCUT2D eigenvalue weighted by Crippen LogP contribution is -2.49. The van der Waals surface area contributed by atoms with Gasteiger partial charge in [0.25, 0.3) is 5.91 Å². The molecule has 8 nitrogen and oxygen atoms in total. The number of carbonyl (C=O) groups excluding carboxylic acids is 1. The normalized spacial score (nSPS) is 14.1. The molecule has 0 atom stereocenters. The molecular weight excluding hydrogens is 405 g/mol. The molecule has 0 saturated carbocycles. The highest BCUT2D eigenvalue weighted by atomic mass is 19.1. The highest BCUT2D eigenvalue weighted by Gasteiger charge is 2.32. The lowest BCUT2D eigenvalue weighted by Gasteiger charge is -2.36. The van der Waals surface area contributed by atoms with Gasteiger partial charge in [0.05, 0.1) is 13.0 Å². The number of nitrogens with one attached hydrogen (secondary N) is 1. The fraction of sp³-hybridized carbons (Fsp3) is 0.227. The predicted molar refractivity (Wildman–Crippen MR) is 109 cm³/mol. The van der Waals surface area contributed by atoms with Crippen LogP contribution >= 0.6 is 0 Å². The Labute approximate surface area is 177 Å². The summed E-state index contributed by atoms with van der Waals surface area (Å²) in [6.45, 7) is 1.78. The number of carboxylic acids is 1. The van der Waals surface area contributed by atoms with Gasteiger partial charge in [-0.15, -0.1) is 0 Å². The minimum atomic E-state index is -0.756. The van der Waals surface area contributed by atoms with E-state index in [9.17, 15) is 14.0 Å². The van der Waals surface area contributed by atoms with Crippen LogP contribution in [-0.4, -0.2) is 47.2 Å². The van der Waals surface area contributed by atoms with Crippen molar-refractivity contribution in [3.05, 3.63) is 65.6 Å². The van der Waals surface area contributed by atoms with Gasteiger partial charge in [0, 0.05) is 43.0 Å². The molecule has 0 unspecified atom stereocenters. The number of hydrogen-bond donors (Lipinski definition) is 2. The number of carbonyl (C=O) groups is 2. The van der Waals surface area contributed by atoms with Crippen LogP contribution in [0, 0.1) is 11.7 Å². The first-order chi connectivity index (χ1) is 14.9. The summed E-state index contributed by atoms with van der Waals surface area (Å²) in [6.07, 6.45) is 0. The second-order valence-corrected chi connectivity index (χ2v) is 7.31. The number of likely N-dealkylation sites (tertiary alicyclic amines) is 1. The zero-order valence-electron chi connectivity index (χ0n) is 16.7. The number of benzene rings is 2. The van der Waals surface area contributed by atoms with E-state index in [4.69, 9.17) is 14.4 Å². The molecule has 0 radical (unpaired) electrons. The molecule has 4 rings (SSSR count). The van der Waals surface area contributed by atoms with E-state index in [1.807, 2.05) is 24.3 Å². The average molecular weight is 425 g/mol. The quantitative estimate of drug-likeness (QED) is 0.599. The number of nitrogens with zero attached hydrogens (tertiary/aromatic N) is 2. The van der Waals surface area contributed by atoms with E-state index in [2.05, 4.69) is 15.4 Å². The molecule has 1 saturated heterocycles. The molecule has 0 aliphatic carbocycles. The Kier molecular flexibility index (Phi) is 5.68. The molecule has 9 heteroatoms. The predicted octanol–water partition coefficient (Wildman–Crippen LogP) is 3.26. The van der Waals surface area contributed by atoms with Crippen molar-refractivity contribution in [1.29, 1.82) is 0 Å². The molecule has 1 fully saturated rings. The SMILES string of the molecule is COc1ccc(NC(=O)c2cc(-c3ccc(CN4CC(C(=O)O)C4)cc3)on2)cc1F. The van der Waals surface area contributed by atoms with Crippen LogP contribution in [-0.2, 0) is 11.3 Å². The summed E-state index contributed by atoms with van der Waals surface area (Å²) in [5, 5.41) is 15.3. The minimum absolute atomic E-state index is 0.0654. The number of carboxylic acid groups (broad SMARTS) is 1. The molecule has 1 aliphatic heterocycles. The highest BCUT2D eigenvalue weighted by Crippen LogP contribution is 2.25. The van der Waals surface area contributed by atoms with Gasteiger partial charge in [-0.05, 0) is 17.7 Å². The zero-order valence-corrected chi connectivity index (χ0v) is 16.7. The largest absolute Gasteiger partial charge is 0.494 e. The van der Waals surface area contributed by atoms with Gasteiger partial charge >= 0.3 is 5.97 Å². The van der Waals surface area contributed by atoms with Crippen molar-refractivity contribution in [2.45, 2.75) is 6.54 Å². The summed E-state index contributed by atoms with van der Waals surface area (Å²) in [4.78, 5) is 25.3. The van der Waals surface area contributed by atoms with E-state index in [1.54, 1.807) is 0 Å². The van der Waals surface area contributed by atoms with Crippen LogP contribution in [0.5, 0.6) is 5.75 Å². The van der Waals surface area contributed by atoms with Gasteiger partial charge in [-0.2, -0.15) is 0 Å². The Balaban J connectivity index is 1.37. The van der Waals surface area contributed by atoms with Gasteiger partial charge in [-0.1, -0.05) is 29.4 Å². The molecule has 0 spiro atoms. The second kappa shape index (κ2) is 8.57. The van der Waals surface area contributed by atoms with Crippen molar-refractivity contribution < 1.29 is 28.3 Å². The number of rotatable bonds is 7. The summed E-state index contributed by atoms with van der Waals surface area (Å²) in [5.41, 5.74) is 2.13. The van der Waals surface area contributed by atoms with Gasteiger partial charge in [0.1, 0.15) is 0 Å². The van der Waals surface area contributed by atoms with Crippen LogP contribution in [0.1, 0.15) is 16.1 Å². The van der Waals surface area contributed by atoms with Crippen molar-refractivity contribution in [3.63, 3.8) is 0 Å². The minimum Gasteiger partial charge on any atom is -0.494 e. The molecule has 2 aromatic carbocycles. The molecule has 0 bridgehead atoms. The molecule has 1 aliphatic rings. The van der Waals surface area contributed by atoms with Crippen LogP contribution in [0.2, 0.25) is 0 Å². The number of halogens is 1. The van der Waals surface area contributed by atoms with Gasteiger partial charge in [-0.25, -0.2) is 4.39 Å². The molecule has 2 heterocycles. The van der Waals surface area contributed by atoms with E-state index in [0.29, 0.717) is 25.4 Å². The Hall–Kier alpha value is -3.72. The number of anilines is 1. The lowest BCUT2D eigenvalue weighted by atomic mass is 9.99. The van der Waals surface area contributed by atoms with Crippen molar-refractivity contribution in [1.82, 2.24) is 10.1 Å². The third-order valence-corrected chi connectivity index (χ3v) is 5.10. The monoisotopic (exact) mass is 425 g/mol. The van der Waals surface area contributed by atoms with Crippen LogP contribution in [0.25, 0.3) is 11.3 Å². The van der Waals surface area contributed by atoms with Crippen molar-refractivity contribution in [3.8, 4) is 17.1 Å². The third kappa shape index (κ3) is 4.56. The summed E-state index contributed by atoms with van der Waals surface area (Å²) in [6, 6.07) is 13.2. The van der Waals surface area contributed by atoms with Crippen molar-refractivity contribution in [2.24, 2.45) is 5.92 Å². The van der Waals surface area contributed by atoms with Crippen molar-refractivity contribution in [2.75, 3.05) is 25.5 Å². The zero-order chi connectivity index (χ0) is 22.0. The van der Waals surface area contributed by atoms with Crippen LogP contribution < -0.4 is 10.1 Å². The van der Waals surface area contributed by atoms with E-state index in [-0.39, 0.29) is 23.0 Å². The molecule has 160 valence electrons. The van der Waals surface area contributed by atoms with E-state index >= 15 is 0 Å². The molecule has 1 aromatic heterocycles. The second-order valence-electron chi connectivity index (χ2n) is 7.31. The first kappa shape index (κ1) is 20.5. The number of aliphatic carboxylic acids is 1. The number of aromatic nitrogens is 1. The van der Waals surface area contributed by atoms with Crippen LogP contribution in [0.15, 0.2) is 53.1 Å². The molecule has 2 N–H and O–H groups in total. The fourth-order valence-electron chi connectivity index (χ4n) is 3.35. The number of amides is 1. The van der Waals surface area contributed by atoms with Crippen molar-refractivity contribution >= 4 is 17.6 Å². The number of ether oxygens (including phenoxy) is 1. The molecule has 31 heavy (non-hydrogen) atoms. The van der Waals surface area contributed by atoms with Gasteiger partial charge < -0.3 is 19.7 Å². The fourth-order valence-corrected chi connectivity index (χ4v) is 3.35. The Morgan fingerprint density at radius 3 is 2.61 bits per heavy atom. The maximum Gasteiger partial charge on any atom is 0.309 e. The average Bonchev–Trinajstić information content (AvgIpc) is 3.21. The number of hydrogen-bond acceptors (Lipinski definition) is 6. The highest BCUT2D eigenvalue weighted by molar-refractivity contribution is 6.03. The lowest BCUT2D eigenvalue weighted by molar-refractivity contribution is -0.147. The van der Waals surface area contributed by atoms with Gasteiger partial charge in [0.2, 0.25) is 0 Å². The smallest absolute Gasteiger partial charge is 0.309 e. The molecule has 3 aromatic rings. The topological polar surface area (TPSA) is 105 Å². The Morgan fingerprint density at radius 1 is 1.23 bits per heavy atom. The number of methoxy groups -OCH3 is 1. The molecule has 1 amide bonds. The summed E-state index contributed by atoms with van der Waals surface area (Å²) >= 11 is 0. The third-order valence-electron chi connectivity index (χ3n) is 5.10. The van der Waals surface area contributed by atoms with E-state index < -0.39 is 17.7 Å². The van der Waals surface area contributed by atoms with E-state index in [1.165, 1.54) is 25.3 Å². The standard InChI is InChI=1S/C22H20FN3O5/c1-30-19-7-6-16(8-17(19)23)24-21(27)18-9-20(31-25-18)14-4-2-13(3-5-14)10-26-11-15(12-26)22(28)29/h2-9,15H,10-12H2,1H3,(H,24,27)(H,28,29).